The molecule has 11 heavy (non-hydrogen) atoms. The summed E-state index contributed by atoms with van der Waals surface area (Å²) in [4.78, 5) is 10.2. The molecule has 64 valence electrons. The minimum atomic E-state index is -0.0796. The molecule has 0 spiro atoms. The van der Waals surface area contributed by atoms with Crippen molar-refractivity contribution in [3.63, 3.8) is 0 Å². The molecule has 0 saturated carbocycles. The van der Waals surface area contributed by atoms with Crippen molar-refractivity contribution in [2.75, 3.05) is 0 Å². The van der Waals surface area contributed by atoms with Gasteiger partial charge in [0.2, 0.25) is 0 Å². The molecule has 0 aliphatic carbocycles. The lowest BCUT2D eigenvalue weighted by molar-refractivity contribution is -0.107. The second kappa shape index (κ2) is 4.12. The predicted molar refractivity (Wildman–Crippen MR) is 47.0 cm³/mol. The summed E-state index contributed by atoms with van der Waals surface area (Å²) < 4.78 is 5.22. The highest BCUT2D eigenvalue weighted by Gasteiger charge is 2.32. The zero-order valence-corrected chi connectivity index (χ0v) is 7.59. The summed E-state index contributed by atoms with van der Waals surface area (Å²) in [5, 5.41) is -0.0796. The van der Waals surface area contributed by atoms with E-state index in [2.05, 4.69) is 19.6 Å². The van der Waals surface area contributed by atoms with Crippen LogP contribution < -0.4 is 0 Å². The first-order valence-electron chi connectivity index (χ1n) is 4.03. The molecule has 0 aromatic heterocycles. The Morgan fingerprint density at radius 1 is 1.73 bits per heavy atom. The summed E-state index contributed by atoms with van der Waals surface area (Å²) in [5.74, 6) is 0. The van der Waals surface area contributed by atoms with Crippen molar-refractivity contribution in [3.05, 3.63) is 0 Å². The van der Waals surface area contributed by atoms with E-state index >= 15 is 0 Å². The lowest BCUT2D eigenvalue weighted by Gasteiger charge is -1.99. The van der Waals surface area contributed by atoms with E-state index in [1.54, 1.807) is 0 Å². The van der Waals surface area contributed by atoms with E-state index in [4.69, 9.17) is 4.74 Å². The van der Waals surface area contributed by atoms with Gasteiger partial charge >= 0.3 is 0 Å². The molecular weight excluding hydrogens is 160 g/mol. The van der Waals surface area contributed by atoms with Gasteiger partial charge in [0, 0.05) is 0 Å². The Labute approximate surface area is 72.7 Å². The molecule has 1 aliphatic rings. The smallest absolute Gasteiger partial charge is 0.132 e. The van der Waals surface area contributed by atoms with Crippen molar-refractivity contribution >= 4 is 18.9 Å². The van der Waals surface area contributed by atoms with E-state index in [1.165, 1.54) is 0 Å². The third-order valence-corrected chi connectivity index (χ3v) is 2.36. The van der Waals surface area contributed by atoms with Crippen molar-refractivity contribution < 1.29 is 9.53 Å². The Morgan fingerprint density at radius 3 is 2.82 bits per heavy atom. The molecule has 1 saturated heterocycles. The van der Waals surface area contributed by atoms with Gasteiger partial charge in [0.1, 0.15) is 6.29 Å². The van der Waals surface area contributed by atoms with Gasteiger partial charge in [0.25, 0.3) is 0 Å². The minimum absolute atomic E-state index is 0.0796. The first kappa shape index (κ1) is 9.07. The largest absolute Gasteiger partial charge is 0.370 e. The Hall–Kier alpha value is -0.0200. The lowest BCUT2D eigenvalue weighted by atomic mass is 10.1. The van der Waals surface area contributed by atoms with E-state index in [0.29, 0.717) is 12.2 Å². The number of rotatable bonds is 5. The normalized spacial score (nSPS) is 31.5. The first-order chi connectivity index (χ1) is 5.24. The van der Waals surface area contributed by atoms with Gasteiger partial charge < -0.3 is 9.53 Å². The van der Waals surface area contributed by atoms with Crippen LogP contribution in [0.1, 0.15) is 26.2 Å². The third-order valence-electron chi connectivity index (χ3n) is 1.98. The Balaban J connectivity index is 1.92. The molecule has 0 radical (unpaired) electrons. The van der Waals surface area contributed by atoms with Gasteiger partial charge in [0.15, 0.2) is 0 Å². The summed E-state index contributed by atoms with van der Waals surface area (Å²) in [7, 11) is 0. The fraction of sp³-hybridized carbons (Fsp3) is 0.875. The molecule has 3 heteroatoms. The van der Waals surface area contributed by atoms with Crippen molar-refractivity contribution in [3.8, 4) is 0 Å². The monoisotopic (exact) mass is 174 g/mol. The molecule has 0 bridgehead atoms. The van der Waals surface area contributed by atoms with Gasteiger partial charge in [-0.05, 0) is 26.2 Å². The molecule has 1 heterocycles. The first-order valence-corrected chi connectivity index (χ1v) is 4.54. The van der Waals surface area contributed by atoms with Gasteiger partial charge in [-0.25, -0.2) is 0 Å². The molecule has 0 amide bonds. The van der Waals surface area contributed by atoms with Crippen LogP contribution in [-0.2, 0) is 9.53 Å². The van der Waals surface area contributed by atoms with Crippen molar-refractivity contribution in [1.29, 1.82) is 0 Å². The maximum absolute atomic E-state index is 10.2. The number of carbonyl (C=O) groups is 1. The van der Waals surface area contributed by atoms with Crippen molar-refractivity contribution in [2.45, 2.75) is 43.6 Å². The van der Waals surface area contributed by atoms with E-state index in [0.717, 1.165) is 25.5 Å². The zero-order chi connectivity index (χ0) is 8.27. The molecule has 1 aliphatic heterocycles. The number of ether oxygens (including phenoxy) is 1. The molecule has 1 fully saturated rings. The van der Waals surface area contributed by atoms with E-state index in [1.807, 2.05) is 0 Å². The predicted octanol–water partition coefficient (Wildman–Crippen LogP) is 1.44. The lowest BCUT2D eigenvalue weighted by Crippen LogP contribution is -2.00. The van der Waals surface area contributed by atoms with Crippen molar-refractivity contribution in [2.24, 2.45) is 0 Å². The summed E-state index contributed by atoms with van der Waals surface area (Å²) in [6.45, 7) is 2.07. The Bertz CT molecular complexity index is 138. The molecule has 1 rings (SSSR count). The number of epoxide rings is 1. The minimum Gasteiger partial charge on any atom is -0.370 e. The molecule has 0 N–H and O–H groups in total. The van der Waals surface area contributed by atoms with Crippen LogP contribution in [-0.4, -0.2) is 23.7 Å². The maximum atomic E-state index is 10.2. The van der Waals surface area contributed by atoms with E-state index in [-0.39, 0.29) is 5.25 Å². The van der Waals surface area contributed by atoms with Crippen LogP contribution in [0.15, 0.2) is 0 Å². The van der Waals surface area contributed by atoms with Gasteiger partial charge in [-0.1, -0.05) is 0 Å². The van der Waals surface area contributed by atoms with Crippen molar-refractivity contribution in [1.82, 2.24) is 0 Å². The van der Waals surface area contributed by atoms with Gasteiger partial charge in [-0.3, -0.25) is 0 Å². The number of hydrogen-bond donors (Lipinski definition) is 1. The van der Waals surface area contributed by atoms with Gasteiger partial charge in [0.05, 0.1) is 17.5 Å². The summed E-state index contributed by atoms with van der Waals surface area (Å²) in [6, 6.07) is 0. The number of hydrogen-bond acceptors (Lipinski definition) is 3. The molecule has 2 nitrogen and oxygen atoms in total. The van der Waals surface area contributed by atoms with Crippen LogP contribution in [0.4, 0.5) is 0 Å². The maximum Gasteiger partial charge on any atom is 0.132 e. The van der Waals surface area contributed by atoms with Crippen LogP contribution in [0.5, 0.6) is 0 Å². The highest BCUT2D eigenvalue weighted by molar-refractivity contribution is 7.81. The Morgan fingerprint density at radius 2 is 2.36 bits per heavy atom. The van der Waals surface area contributed by atoms with Crippen LogP contribution in [0.2, 0.25) is 0 Å². The Kier molecular flexibility index (Phi) is 3.40. The summed E-state index contributed by atoms with van der Waals surface area (Å²) >= 11 is 4.07. The molecular formula is C8H14O2S. The average Bonchev–Trinajstić information content (AvgIpc) is 2.66. The van der Waals surface area contributed by atoms with Gasteiger partial charge in [-0.15, -0.1) is 0 Å². The second-order valence-corrected chi connectivity index (χ2v) is 3.68. The SMILES string of the molecule is CC1OC1CCCC(S)C=O. The molecule has 0 aromatic rings. The standard InChI is InChI=1S/C8H14O2S/c1-6-8(10-6)4-2-3-7(11)5-9/h5-8,11H,2-4H2,1H3. The molecule has 3 atom stereocenters. The quantitative estimate of drug-likeness (QED) is 0.388. The highest BCUT2D eigenvalue weighted by Crippen LogP contribution is 2.26. The molecule has 3 unspecified atom stereocenters. The summed E-state index contributed by atoms with van der Waals surface area (Å²) in [6.07, 6.45) is 4.79. The highest BCUT2D eigenvalue weighted by atomic mass is 32.1. The van der Waals surface area contributed by atoms with Crippen LogP contribution in [0, 0.1) is 0 Å². The van der Waals surface area contributed by atoms with Crippen LogP contribution in [0.25, 0.3) is 0 Å². The summed E-state index contributed by atoms with van der Waals surface area (Å²) in [5.41, 5.74) is 0. The third kappa shape index (κ3) is 3.25. The number of aldehydes is 1. The fourth-order valence-corrected chi connectivity index (χ4v) is 1.31. The second-order valence-electron chi connectivity index (χ2n) is 3.01. The van der Waals surface area contributed by atoms with E-state index < -0.39 is 0 Å². The fourth-order valence-electron chi connectivity index (χ4n) is 1.13. The van der Waals surface area contributed by atoms with Crippen LogP contribution >= 0.6 is 12.6 Å². The van der Waals surface area contributed by atoms with E-state index in [9.17, 15) is 4.79 Å². The zero-order valence-electron chi connectivity index (χ0n) is 6.69. The molecule has 0 aromatic carbocycles. The number of thiol groups is 1. The topological polar surface area (TPSA) is 29.6 Å². The van der Waals surface area contributed by atoms with Gasteiger partial charge in [-0.2, -0.15) is 12.6 Å². The average molecular weight is 174 g/mol. The number of carbonyl (C=O) groups excluding carboxylic acids is 1. The van der Waals surface area contributed by atoms with Crippen LogP contribution in [0.3, 0.4) is 0 Å².